The molecule has 0 fully saturated rings. The van der Waals surface area contributed by atoms with Crippen LogP contribution >= 0.6 is 0 Å². The maximum absolute atomic E-state index is 9.56. The Labute approximate surface area is 67.8 Å². The minimum Gasteiger partial charge on any atom is -0.481 e. The third-order valence-electron chi connectivity index (χ3n) is 0.391. The number of aliphatic carboxylic acids is 1. The van der Waals surface area contributed by atoms with E-state index in [0.717, 1.165) is 0 Å². The van der Waals surface area contributed by atoms with Gasteiger partial charge < -0.3 is 12.0 Å². The molecule has 1 radical (unpaired) electrons. The number of hydrogen-bond donors (Lipinski definition) is 1. The van der Waals surface area contributed by atoms with Crippen LogP contribution in [0.5, 0.6) is 0 Å². The van der Waals surface area contributed by atoms with Crippen molar-refractivity contribution in [1.29, 1.82) is 0 Å². The summed E-state index contributed by atoms with van der Waals surface area (Å²) in [5.74, 6) is -0.773. The van der Waals surface area contributed by atoms with Crippen LogP contribution in [0.25, 0.3) is 0 Å². The maximum atomic E-state index is 9.56. The summed E-state index contributed by atoms with van der Waals surface area (Å²) in [6.45, 7) is 3.34. The first-order chi connectivity index (χ1) is 2.77. The van der Waals surface area contributed by atoms with E-state index in [1.165, 1.54) is 0 Å². The third kappa shape index (κ3) is 10.8. The Bertz CT molecular complexity index is 53.7. The zero-order chi connectivity index (χ0) is 4.99. The second kappa shape index (κ2) is 6.56. The summed E-state index contributed by atoms with van der Waals surface area (Å²) in [7, 11) is 0. The molecule has 0 aromatic carbocycles. The Morgan fingerprint density at radius 2 is 2.14 bits per heavy atom. The molecule has 0 bridgehead atoms. The van der Waals surface area contributed by atoms with Crippen molar-refractivity contribution in [3.05, 3.63) is 6.92 Å². The Kier molecular flexibility index (Phi) is 9.86. The van der Waals surface area contributed by atoms with Crippen molar-refractivity contribution in [3.8, 4) is 0 Å². The number of carboxylic acid groups (broad SMARTS) is 1. The van der Waals surface area contributed by atoms with Crippen molar-refractivity contribution in [2.75, 3.05) is 0 Å². The molecule has 0 heterocycles. The van der Waals surface area contributed by atoms with E-state index in [1.54, 1.807) is 0 Å². The average Bonchev–Trinajstić information content (AvgIpc) is 1.35. The molecule has 0 unspecified atom stereocenters. The van der Waals surface area contributed by atoms with Crippen molar-refractivity contribution in [1.82, 2.24) is 0 Å². The molecule has 0 spiro atoms. The quantitative estimate of drug-likeness (QED) is 0.761. The first-order valence-corrected chi connectivity index (χ1v) is 1.78. The summed E-state index contributed by atoms with van der Waals surface area (Å²) in [5.41, 5.74) is 0. The molecule has 0 saturated heterocycles. The summed E-state index contributed by atoms with van der Waals surface area (Å²) in [4.78, 5) is 9.56. The van der Waals surface area contributed by atoms with Crippen LogP contribution in [0.4, 0.5) is 0 Å². The Morgan fingerprint density at radius 3 is 2.14 bits per heavy atom. The van der Waals surface area contributed by atoms with Crippen LogP contribution in [0.3, 0.4) is 0 Å². The van der Waals surface area contributed by atoms with Gasteiger partial charge >= 0.3 is 5.97 Å². The molecular formula is C4H7O2Pa-. The minimum absolute atomic E-state index is 0. The summed E-state index contributed by atoms with van der Waals surface area (Å²) in [6, 6.07) is 0. The van der Waals surface area contributed by atoms with Gasteiger partial charge in [0.05, 0.1) is 0 Å². The van der Waals surface area contributed by atoms with Crippen LogP contribution in [0.2, 0.25) is 0 Å². The zero-order valence-corrected chi connectivity index (χ0v) is 8.86. The van der Waals surface area contributed by atoms with E-state index < -0.39 is 5.97 Å². The molecule has 0 aliphatic heterocycles. The van der Waals surface area contributed by atoms with Crippen molar-refractivity contribution in [2.24, 2.45) is 0 Å². The molecular weight excluding hydrogens is 311 g/mol. The van der Waals surface area contributed by atoms with Gasteiger partial charge in [-0.2, -0.15) is 6.42 Å². The molecule has 0 aliphatic rings. The van der Waals surface area contributed by atoms with Crippen molar-refractivity contribution >= 4 is 5.97 Å². The predicted molar refractivity (Wildman–Crippen MR) is 22.2 cm³/mol. The second-order valence-corrected chi connectivity index (χ2v) is 0.997. The normalized spacial score (nSPS) is 7.00. The Morgan fingerprint density at radius 1 is 1.71 bits per heavy atom. The molecule has 7 heavy (non-hydrogen) atoms. The number of hydrogen-bond acceptors (Lipinski definition) is 1. The van der Waals surface area contributed by atoms with E-state index in [-0.39, 0.29) is 38.7 Å². The van der Waals surface area contributed by atoms with E-state index in [9.17, 15) is 4.79 Å². The number of carboxylic acids is 1. The van der Waals surface area contributed by atoms with Gasteiger partial charge in [0, 0.05) is 38.7 Å². The minimum atomic E-state index is -0.773. The zero-order valence-electron chi connectivity index (χ0n) is 4.05. The van der Waals surface area contributed by atoms with Crippen LogP contribution in [0.15, 0.2) is 0 Å². The van der Waals surface area contributed by atoms with Gasteiger partial charge in [-0.05, 0) is 0 Å². The number of rotatable bonds is 2. The summed E-state index contributed by atoms with van der Waals surface area (Å²) >= 11 is 0. The van der Waals surface area contributed by atoms with Crippen LogP contribution in [-0.4, -0.2) is 11.1 Å². The van der Waals surface area contributed by atoms with Gasteiger partial charge in [-0.1, -0.05) is 0 Å². The summed E-state index contributed by atoms with van der Waals surface area (Å²) in [6.07, 6.45) is 0.662. The van der Waals surface area contributed by atoms with Gasteiger partial charge in [-0.3, -0.25) is 4.79 Å². The molecule has 0 atom stereocenters. The molecule has 0 aromatic heterocycles. The average molecular weight is 318 g/mol. The first kappa shape index (κ1) is 10.5. The van der Waals surface area contributed by atoms with Crippen LogP contribution < -0.4 is 0 Å². The fourth-order valence-electron chi connectivity index (χ4n) is 0.151. The molecule has 39 valence electrons. The van der Waals surface area contributed by atoms with E-state index >= 15 is 0 Å². The van der Waals surface area contributed by atoms with E-state index in [4.69, 9.17) is 5.11 Å². The number of carbonyl (C=O) groups is 1. The standard InChI is InChI=1S/C4H7O2.Pa/c1-2-3-4(5)6;/h1-3H2,(H,5,6);/q-1;. The molecule has 0 saturated carbocycles. The molecule has 2 nitrogen and oxygen atoms in total. The smallest absolute Gasteiger partial charge is 0.300 e. The Balaban J connectivity index is 0. The van der Waals surface area contributed by atoms with Crippen LogP contribution in [0.1, 0.15) is 12.8 Å². The second-order valence-electron chi connectivity index (χ2n) is 0.997. The molecule has 1 N–H and O–H groups in total. The van der Waals surface area contributed by atoms with Gasteiger partial charge in [0.15, 0.2) is 0 Å². The molecule has 3 heteroatoms. The SMILES string of the molecule is [CH2-]CCC(=O)O.[Pa]. The van der Waals surface area contributed by atoms with Crippen LogP contribution in [0, 0.1) is 39.2 Å². The summed E-state index contributed by atoms with van der Waals surface area (Å²) < 4.78 is 0. The van der Waals surface area contributed by atoms with Gasteiger partial charge in [-0.25, -0.2) is 0 Å². The molecule has 0 rings (SSSR count). The monoisotopic (exact) mass is 318 g/mol. The Hall–Kier alpha value is 0.561. The molecule has 0 aliphatic carbocycles. The van der Waals surface area contributed by atoms with E-state index in [1.807, 2.05) is 0 Å². The maximum Gasteiger partial charge on any atom is 0.300 e. The van der Waals surface area contributed by atoms with Gasteiger partial charge in [0.25, 0.3) is 0 Å². The first-order valence-electron chi connectivity index (χ1n) is 1.78. The van der Waals surface area contributed by atoms with Crippen molar-refractivity contribution in [2.45, 2.75) is 12.8 Å². The molecule has 0 aromatic rings. The molecule has 0 amide bonds. The summed E-state index contributed by atoms with van der Waals surface area (Å²) in [5, 5.41) is 7.87. The van der Waals surface area contributed by atoms with E-state index in [0.29, 0.717) is 6.42 Å². The third-order valence-corrected chi connectivity index (χ3v) is 0.391. The predicted octanol–water partition coefficient (Wildman–Crippen LogP) is 0.685. The van der Waals surface area contributed by atoms with Crippen molar-refractivity contribution < 1.29 is 42.2 Å². The van der Waals surface area contributed by atoms with Gasteiger partial charge in [0.1, 0.15) is 0 Å². The fraction of sp³-hybridized carbons (Fsp3) is 0.500. The van der Waals surface area contributed by atoms with E-state index in [2.05, 4.69) is 6.92 Å². The van der Waals surface area contributed by atoms with Crippen molar-refractivity contribution in [3.63, 3.8) is 0 Å². The van der Waals surface area contributed by atoms with Gasteiger partial charge in [-0.15, -0.1) is 0 Å². The largest absolute Gasteiger partial charge is 0.481 e. The fourth-order valence-corrected chi connectivity index (χ4v) is 0.151. The topological polar surface area (TPSA) is 37.3 Å². The van der Waals surface area contributed by atoms with Gasteiger partial charge in [0.2, 0.25) is 0 Å². The van der Waals surface area contributed by atoms with Crippen LogP contribution in [-0.2, 0) is 4.79 Å².